The molecule has 4 aromatic rings. The molecule has 4 heterocycles. The number of halogens is 1. The van der Waals surface area contributed by atoms with E-state index < -0.39 is 5.82 Å². The lowest BCUT2D eigenvalue weighted by Crippen LogP contribution is -2.36. The second-order valence-electron chi connectivity index (χ2n) is 8.49. The molecule has 32 heavy (non-hydrogen) atoms. The van der Waals surface area contributed by atoms with Crippen LogP contribution in [0.25, 0.3) is 21.5 Å². The minimum atomic E-state index is -0.489. The van der Waals surface area contributed by atoms with Crippen molar-refractivity contribution in [3.8, 4) is 11.3 Å². The Morgan fingerprint density at radius 1 is 1.16 bits per heavy atom. The monoisotopic (exact) mass is 448 g/mol. The molecule has 0 spiro atoms. The number of piperidine rings is 1. The first-order chi connectivity index (χ1) is 15.5. The van der Waals surface area contributed by atoms with Crippen LogP contribution < -0.4 is 15.4 Å². The molecule has 2 aliphatic rings. The van der Waals surface area contributed by atoms with Gasteiger partial charge in [0.2, 0.25) is 5.95 Å². The zero-order valence-corrected chi connectivity index (χ0v) is 18.5. The van der Waals surface area contributed by atoms with Crippen molar-refractivity contribution in [1.82, 2.24) is 19.5 Å². The van der Waals surface area contributed by atoms with Gasteiger partial charge in [0.1, 0.15) is 0 Å². The van der Waals surface area contributed by atoms with Gasteiger partial charge < -0.3 is 9.80 Å². The second-order valence-corrected chi connectivity index (χ2v) is 9.50. The van der Waals surface area contributed by atoms with Gasteiger partial charge in [-0.2, -0.15) is 0 Å². The van der Waals surface area contributed by atoms with Crippen LogP contribution in [0.2, 0.25) is 0 Å². The molecule has 1 saturated heterocycles. The SMILES string of the molecule is CN(c1nc(-c2ccncc2F)cc(=O)n1C)[C@H]1[C@@H]2CN(c3nc4ccccc4s3)C[C@@H]21. The fourth-order valence-electron chi connectivity index (χ4n) is 4.92. The zero-order chi connectivity index (χ0) is 22.0. The van der Waals surface area contributed by atoms with Crippen molar-refractivity contribution >= 4 is 32.6 Å². The molecule has 0 unspecified atom stereocenters. The molecular formula is C23H21FN6OS. The summed E-state index contributed by atoms with van der Waals surface area (Å²) in [7, 11) is 3.68. The molecule has 3 atom stereocenters. The molecule has 1 aliphatic heterocycles. The molecule has 2 fully saturated rings. The van der Waals surface area contributed by atoms with E-state index in [2.05, 4.69) is 25.8 Å². The molecule has 9 heteroatoms. The number of hydrogen-bond acceptors (Lipinski definition) is 7. The lowest BCUT2D eigenvalue weighted by molar-refractivity contribution is 0.623. The van der Waals surface area contributed by atoms with Gasteiger partial charge in [-0.1, -0.05) is 23.5 Å². The van der Waals surface area contributed by atoms with Crippen molar-refractivity contribution in [3.05, 3.63) is 65.0 Å². The summed E-state index contributed by atoms with van der Waals surface area (Å²) < 4.78 is 17.0. The third-order valence-electron chi connectivity index (χ3n) is 6.62. The summed E-state index contributed by atoms with van der Waals surface area (Å²) in [4.78, 5) is 30.3. The first-order valence-corrected chi connectivity index (χ1v) is 11.3. The topological polar surface area (TPSA) is 67.2 Å². The highest BCUT2D eigenvalue weighted by Gasteiger charge is 2.58. The molecule has 1 aliphatic carbocycles. The molecule has 3 aromatic heterocycles. The number of aromatic nitrogens is 4. The second kappa shape index (κ2) is 7.09. The van der Waals surface area contributed by atoms with Crippen LogP contribution in [0.5, 0.6) is 0 Å². The number of pyridine rings is 1. The smallest absolute Gasteiger partial charge is 0.255 e. The molecule has 0 bridgehead atoms. The normalized spacial score (nSPS) is 21.7. The van der Waals surface area contributed by atoms with E-state index in [4.69, 9.17) is 4.98 Å². The Kier molecular flexibility index (Phi) is 4.29. The lowest BCUT2D eigenvalue weighted by atomic mass is 10.2. The summed E-state index contributed by atoms with van der Waals surface area (Å²) in [6, 6.07) is 11.4. The minimum absolute atomic E-state index is 0.213. The maximum absolute atomic E-state index is 14.2. The maximum atomic E-state index is 14.2. The first kappa shape index (κ1) is 19.4. The van der Waals surface area contributed by atoms with Crippen molar-refractivity contribution in [2.75, 3.05) is 29.9 Å². The summed E-state index contributed by atoms with van der Waals surface area (Å²) in [5, 5.41) is 1.07. The summed E-state index contributed by atoms with van der Waals surface area (Å²) in [5.41, 5.74) is 1.44. The highest BCUT2D eigenvalue weighted by Crippen LogP contribution is 2.51. The van der Waals surface area contributed by atoms with Gasteiger partial charge in [-0.05, 0) is 18.2 Å². The average Bonchev–Trinajstić information content (AvgIpc) is 3.13. The number of rotatable bonds is 4. The van der Waals surface area contributed by atoms with E-state index in [1.54, 1.807) is 24.5 Å². The number of para-hydroxylation sites is 1. The summed E-state index contributed by atoms with van der Waals surface area (Å²) >= 11 is 1.73. The third-order valence-corrected chi connectivity index (χ3v) is 7.72. The Hall–Kier alpha value is -3.33. The Morgan fingerprint density at radius 2 is 1.94 bits per heavy atom. The van der Waals surface area contributed by atoms with Crippen LogP contribution in [-0.2, 0) is 7.05 Å². The van der Waals surface area contributed by atoms with Crippen molar-refractivity contribution < 1.29 is 4.39 Å². The molecule has 7 nitrogen and oxygen atoms in total. The Morgan fingerprint density at radius 3 is 2.69 bits per heavy atom. The van der Waals surface area contributed by atoms with Crippen LogP contribution in [0.15, 0.2) is 53.6 Å². The molecule has 0 radical (unpaired) electrons. The zero-order valence-electron chi connectivity index (χ0n) is 17.6. The predicted molar refractivity (Wildman–Crippen MR) is 124 cm³/mol. The summed E-state index contributed by atoms with van der Waals surface area (Å²) in [5.74, 6) is 1.04. The van der Waals surface area contributed by atoms with Crippen LogP contribution in [0, 0.1) is 17.7 Å². The highest BCUT2D eigenvalue weighted by molar-refractivity contribution is 7.22. The number of benzene rings is 1. The molecule has 1 aromatic carbocycles. The van der Waals surface area contributed by atoms with Gasteiger partial charge in [0.05, 0.1) is 22.1 Å². The van der Waals surface area contributed by atoms with E-state index in [1.165, 1.54) is 21.5 Å². The number of fused-ring (bicyclic) bond motifs is 2. The van der Waals surface area contributed by atoms with Crippen LogP contribution >= 0.6 is 11.3 Å². The van der Waals surface area contributed by atoms with Crippen molar-refractivity contribution in [2.45, 2.75) is 6.04 Å². The molecule has 0 N–H and O–H groups in total. The van der Waals surface area contributed by atoms with Gasteiger partial charge in [-0.25, -0.2) is 14.4 Å². The highest BCUT2D eigenvalue weighted by atomic mass is 32.1. The first-order valence-electron chi connectivity index (χ1n) is 10.5. The Balaban J connectivity index is 1.24. The third kappa shape index (κ3) is 2.99. The number of thiazole rings is 1. The van der Waals surface area contributed by atoms with Crippen LogP contribution in [-0.4, -0.2) is 45.7 Å². The van der Waals surface area contributed by atoms with E-state index in [9.17, 15) is 9.18 Å². The van der Waals surface area contributed by atoms with E-state index in [0.29, 0.717) is 29.5 Å². The predicted octanol–water partition coefficient (Wildman–Crippen LogP) is 3.16. The molecule has 162 valence electrons. The van der Waals surface area contributed by atoms with E-state index in [1.807, 2.05) is 25.2 Å². The van der Waals surface area contributed by atoms with Gasteiger partial charge in [0.15, 0.2) is 10.9 Å². The summed E-state index contributed by atoms with van der Waals surface area (Å²) in [6.45, 7) is 1.87. The van der Waals surface area contributed by atoms with Crippen LogP contribution in [0.1, 0.15) is 0 Å². The lowest BCUT2D eigenvalue weighted by Gasteiger charge is -2.26. The molecule has 1 saturated carbocycles. The van der Waals surface area contributed by atoms with Crippen molar-refractivity contribution in [2.24, 2.45) is 18.9 Å². The largest absolute Gasteiger partial charge is 0.347 e. The molecular weight excluding hydrogens is 427 g/mol. The fraction of sp³-hybridized carbons (Fsp3) is 0.304. The molecule has 0 amide bonds. The van der Waals surface area contributed by atoms with Gasteiger partial charge in [-0.15, -0.1) is 0 Å². The van der Waals surface area contributed by atoms with Crippen LogP contribution in [0.3, 0.4) is 0 Å². The van der Waals surface area contributed by atoms with Gasteiger partial charge in [0.25, 0.3) is 5.56 Å². The maximum Gasteiger partial charge on any atom is 0.255 e. The number of anilines is 2. The quantitative estimate of drug-likeness (QED) is 0.478. The average molecular weight is 449 g/mol. The van der Waals surface area contributed by atoms with Crippen LogP contribution in [0.4, 0.5) is 15.5 Å². The van der Waals surface area contributed by atoms with E-state index >= 15 is 0 Å². The van der Waals surface area contributed by atoms with E-state index in [0.717, 1.165) is 29.9 Å². The Labute approximate surface area is 187 Å². The minimum Gasteiger partial charge on any atom is -0.347 e. The van der Waals surface area contributed by atoms with E-state index in [-0.39, 0.29) is 11.1 Å². The van der Waals surface area contributed by atoms with Gasteiger partial charge in [0, 0.05) is 62.9 Å². The van der Waals surface area contributed by atoms with Crippen molar-refractivity contribution in [3.63, 3.8) is 0 Å². The van der Waals surface area contributed by atoms with Gasteiger partial charge >= 0.3 is 0 Å². The Bertz CT molecular complexity index is 1360. The standard InChI is InChI=1S/C23H21FN6OS/c1-28-20(31)9-18(13-7-8-25-10-16(13)24)26-22(28)29(2)21-14-11-30(12-15(14)21)23-27-17-5-3-4-6-19(17)32-23/h3-10,14-15,21H,11-12H2,1-2H3/t14-,15+,21+. The summed E-state index contributed by atoms with van der Waals surface area (Å²) in [6.07, 6.45) is 2.64. The van der Waals surface area contributed by atoms with Gasteiger partial charge in [-0.3, -0.25) is 14.3 Å². The number of hydrogen-bond donors (Lipinski definition) is 0. The number of nitrogens with zero attached hydrogens (tertiary/aromatic N) is 6. The van der Waals surface area contributed by atoms with Crippen molar-refractivity contribution in [1.29, 1.82) is 0 Å². The molecule has 6 rings (SSSR count). The fourth-order valence-corrected chi connectivity index (χ4v) is 5.90.